The molecule has 0 amide bonds. The lowest BCUT2D eigenvalue weighted by molar-refractivity contribution is 0.0974. The molecule has 1 aromatic rings. The molecular weight excluding hydrogens is 238 g/mol. The molecule has 4 nitrogen and oxygen atoms in total. The zero-order valence-corrected chi connectivity index (χ0v) is 13.3. The van der Waals surface area contributed by atoms with E-state index < -0.39 is 0 Å². The molecule has 0 aliphatic carbocycles. The Hall–Kier alpha value is -1.32. The third-order valence-electron chi connectivity index (χ3n) is 3.20. The lowest BCUT2D eigenvalue weighted by Crippen LogP contribution is -2.28. The molecule has 0 aliphatic heterocycles. The second kappa shape index (κ2) is 6.22. The molecule has 0 unspecified atom stereocenters. The van der Waals surface area contributed by atoms with Gasteiger partial charge in [0.2, 0.25) is 5.88 Å². The van der Waals surface area contributed by atoms with Crippen LogP contribution < -0.4 is 10.1 Å². The van der Waals surface area contributed by atoms with E-state index in [0.717, 1.165) is 30.2 Å². The number of nitrogens with one attached hydrogen (secondary N) is 1. The van der Waals surface area contributed by atoms with Crippen molar-refractivity contribution in [2.75, 3.05) is 11.9 Å². The van der Waals surface area contributed by atoms with Crippen molar-refractivity contribution in [1.29, 1.82) is 0 Å². The van der Waals surface area contributed by atoms with E-state index in [4.69, 9.17) is 4.74 Å². The van der Waals surface area contributed by atoms with Gasteiger partial charge in [-0.25, -0.2) is 4.98 Å². The van der Waals surface area contributed by atoms with Gasteiger partial charge >= 0.3 is 0 Å². The minimum atomic E-state index is -0.211. The van der Waals surface area contributed by atoms with E-state index in [1.54, 1.807) is 0 Å². The highest BCUT2D eigenvalue weighted by molar-refractivity contribution is 5.48. The Morgan fingerprint density at radius 1 is 1.21 bits per heavy atom. The van der Waals surface area contributed by atoms with Crippen LogP contribution in [0.2, 0.25) is 0 Å². The number of rotatable bonds is 6. The van der Waals surface area contributed by atoms with Crippen molar-refractivity contribution < 1.29 is 4.74 Å². The van der Waals surface area contributed by atoms with Crippen LogP contribution in [0.15, 0.2) is 0 Å². The quantitative estimate of drug-likeness (QED) is 0.847. The van der Waals surface area contributed by atoms with Crippen LogP contribution in [0.25, 0.3) is 0 Å². The SMILES string of the molecule is CCNc1nc(C(C)C)nc(OC(C)(C)CC)c1C. The Morgan fingerprint density at radius 3 is 2.32 bits per heavy atom. The van der Waals surface area contributed by atoms with Gasteiger partial charge in [-0.2, -0.15) is 4.98 Å². The number of nitrogens with zero attached hydrogens (tertiary/aromatic N) is 2. The van der Waals surface area contributed by atoms with Crippen molar-refractivity contribution in [3.05, 3.63) is 11.4 Å². The zero-order valence-electron chi connectivity index (χ0n) is 13.3. The smallest absolute Gasteiger partial charge is 0.222 e. The van der Waals surface area contributed by atoms with E-state index in [1.165, 1.54) is 0 Å². The summed E-state index contributed by atoms with van der Waals surface area (Å²) in [6, 6.07) is 0. The first-order valence-corrected chi connectivity index (χ1v) is 7.12. The number of aromatic nitrogens is 2. The second-order valence-corrected chi connectivity index (χ2v) is 5.76. The molecule has 0 spiro atoms. The van der Waals surface area contributed by atoms with Gasteiger partial charge in [0.25, 0.3) is 0 Å². The monoisotopic (exact) mass is 265 g/mol. The van der Waals surface area contributed by atoms with Crippen LogP contribution in [-0.2, 0) is 0 Å². The Labute approximate surface area is 117 Å². The summed E-state index contributed by atoms with van der Waals surface area (Å²) in [4.78, 5) is 9.15. The van der Waals surface area contributed by atoms with Crippen LogP contribution in [0.1, 0.15) is 65.3 Å². The molecule has 1 heterocycles. The zero-order chi connectivity index (χ0) is 14.6. The maximum atomic E-state index is 6.07. The van der Waals surface area contributed by atoms with Crippen LogP contribution in [0.4, 0.5) is 5.82 Å². The summed E-state index contributed by atoms with van der Waals surface area (Å²) in [7, 11) is 0. The lowest BCUT2D eigenvalue weighted by atomic mass is 10.1. The summed E-state index contributed by atoms with van der Waals surface area (Å²) in [5, 5.41) is 3.28. The fourth-order valence-electron chi connectivity index (χ4n) is 1.54. The van der Waals surface area contributed by atoms with Crippen molar-refractivity contribution in [2.45, 2.75) is 66.4 Å². The highest BCUT2D eigenvalue weighted by Crippen LogP contribution is 2.28. The fourth-order valence-corrected chi connectivity index (χ4v) is 1.54. The van der Waals surface area contributed by atoms with Crippen molar-refractivity contribution in [3.8, 4) is 5.88 Å². The van der Waals surface area contributed by atoms with E-state index in [-0.39, 0.29) is 11.5 Å². The van der Waals surface area contributed by atoms with Gasteiger partial charge in [-0.1, -0.05) is 20.8 Å². The maximum Gasteiger partial charge on any atom is 0.222 e. The molecule has 0 aromatic carbocycles. The molecule has 0 saturated heterocycles. The number of ether oxygens (including phenoxy) is 1. The van der Waals surface area contributed by atoms with Crippen molar-refractivity contribution in [1.82, 2.24) is 9.97 Å². The summed E-state index contributed by atoms with van der Waals surface area (Å²) in [6.07, 6.45) is 0.935. The minimum Gasteiger partial charge on any atom is -0.471 e. The predicted molar refractivity (Wildman–Crippen MR) is 80.0 cm³/mol. The highest BCUT2D eigenvalue weighted by Gasteiger charge is 2.21. The molecule has 1 N–H and O–H groups in total. The van der Waals surface area contributed by atoms with Gasteiger partial charge in [-0.05, 0) is 34.1 Å². The molecule has 108 valence electrons. The average molecular weight is 265 g/mol. The fraction of sp³-hybridized carbons (Fsp3) is 0.733. The molecule has 19 heavy (non-hydrogen) atoms. The van der Waals surface area contributed by atoms with Gasteiger partial charge in [-0.3, -0.25) is 0 Å². The number of anilines is 1. The molecule has 0 radical (unpaired) electrons. The van der Waals surface area contributed by atoms with Crippen LogP contribution in [0, 0.1) is 6.92 Å². The molecule has 4 heteroatoms. The third kappa shape index (κ3) is 4.08. The summed E-state index contributed by atoms with van der Waals surface area (Å²) < 4.78 is 6.07. The van der Waals surface area contributed by atoms with Gasteiger partial charge < -0.3 is 10.1 Å². The van der Waals surface area contributed by atoms with E-state index in [0.29, 0.717) is 5.88 Å². The van der Waals surface area contributed by atoms with Gasteiger partial charge in [-0.15, -0.1) is 0 Å². The van der Waals surface area contributed by atoms with Crippen molar-refractivity contribution in [3.63, 3.8) is 0 Å². The lowest BCUT2D eigenvalue weighted by Gasteiger charge is -2.26. The summed E-state index contributed by atoms with van der Waals surface area (Å²) in [5.41, 5.74) is 0.768. The van der Waals surface area contributed by atoms with Crippen LogP contribution in [0.3, 0.4) is 0 Å². The number of hydrogen-bond acceptors (Lipinski definition) is 4. The van der Waals surface area contributed by atoms with Crippen molar-refractivity contribution in [2.24, 2.45) is 0 Å². The van der Waals surface area contributed by atoms with Crippen LogP contribution >= 0.6 is 0 Å². The molecule has 0 bridgehead atoms. The van der Waals surface area contributed by atoms with Crippen LogP contribution in [-0.4, -0.2) is 22.1 Å². The van der Waals surface area contributed by atoms with E-state index in [9.17, 15) is 0 Å². The molecule has 0 atom stereocenters. The average Bonchev–Trinajstić information content (AvgIpc) is 2.33. The molecule has 0 aliphatic rings. The molecule has 0 saturated carbocycles. The summed E-state index contributed by atoms with van der Waals surface area (Å²) in [5.74, 6) is 2.68. The number of hydrogen-bond donors (Lipinski definition) is 1. The van der Waals surface area contributed by atoms with E-state index >= 15 is 0 Å². The predicted octanol–water partition coefficient (Wildman–Crippen LogP) is 3.91. The van der Waals surface area contributed by atoms with Crippen molar-refractivity contribution >= 4 is 5.82 Å². The van der Waals surface area contributed by atoms with E-state index in [1.807, 2.05) is 6.92 Å². The molecule has 1 rings (SSSR count). The Balaban J connectivity index is 3.21. The summed E-state index contributed by atoms with van der Waals surface area (Å²) in [6.45, 7) is 15.4. The maximum absolute atomic E-state index is 6.07. The van der Waals surface area contributed by atoms with Gasteiger partial charge in [0.05, 0.1) is 5.56 Å². The Kier molecular flexibility index (Phi) is 5.15. The minimum absolute atomic E-state index is 0.211. The molecule has 1 aromatic heterocycles. The Morgan fingerprint density at radius 2 is 1.84 bits per heavy atom. The van der Waals surface area contributed by atoms with E-state index in [2.05, 4.69) is 56.8 Å². The highest BCUT2D eigenvalue weighted by atomic mass is 16.5. The van der Waals surface area contributed by atoms with Gasteiger partial charge in [0.15, 0.2) is 0 Å². The Bertz CT molecular complexity index is 428. The standard InChI is InChI=1S/C15H27N3O/c1-8-15(6,7)19-14-11(5)13(16-9-2)17-12(18-14)10(3)4/h10H,8-9H2,1-7H3,(H,16,17,18). The van der Waals surface area contributed by atoms with Crippen LogP contribution in [0.5, 0.6) is 5.88 Å². The normalized spacial score (nSPS) is 11.8. The summed E-state index contributed by atoms with van der Waals surface area (Å²) >= 11 is 0. The second-order valence-electron chi connectivity index (χ2n) is 5.76. The first kappa shape index (κ1) is 15.7. The van der Waals surface area contributed by atoms with Gasteiger partial charge in [0.1, 0.15) is 17.2 Å². The first-order chi connectivity index (χ1) is 8.80. The largest absolute Gasteiger partial charge is 0.471 e. The molecular formula is C15H27N3O. The topological polar surface area (TPSA) is 47.0 Å². The van der Waals surface area contributed by atoms with Gasteiger partial charge in [0, 0.05) is 12.5 Å². The first-order valence-electron chi connectivity index (χ1n) is 7.12. The molecule has 0 fully saturated rings. The third-order valence-corrected chi connectivity index (χ3v) is 3.20.